The molecule has 2 aromatic rings. The molecule has 0 amide bonds. The highest BCUT2D eigenvalue weighted by molar-refractivity contribution is 6.30. The van der Waals surface area contributed by atoms with Gasteiger partial charge < -0.3 is 14.7 Å². The molecule has 0 bridgehead atoms. The number of rotatable bonds is 7. The summed E-state index contributed by atoms with van der Waals surface area (Å²) >= 11 is 5.85. The maximum Gasteiger partial charge on any atom is 0.337 e. The first kappa shape index (κ1) is 20.3. The smallest absolute Gasteiger partial charge is 0.337 e. The van der Waals surface area contributed by atoms with Crippen molar-refractivity contribution in [3.63, 3.8) is 0 Å². The lowest BCUT2D eigenvalue weighted by Crippen LogP contribution is -2.36. The Morgan fingerprint density at radius 1 is 1.32 bits per heavy atom. The van der Waals surface area contributed by atoms with E-state index in [1.165, 1.54) is 6.07 Å². The normalized spacial score (nSPS) is 16.0. The molecule has 1 saturated heterocycles. The van der Waals surface area contributed by atoms with Gasteiger partial charge in [0.1, 0.15) is 0 Å². The molecule has 0 unspecified atom stereocenters. The van der Waals surface area contributed by atoms with Gasteiger partial charge in [-0.05, 0) is 44.1 Å². The van der Waals surface area contributed by atoms with Crippen LogP contribution in [0.25, 0.3) is 0 Å². The Balaban J connectivity index is 1.43. The van der Waals surface area contributed by atoms with Crippen LogP contribution in [0.5, 0.6) is 5.88 Å². The Kier molecular flexibility index (Phi) is 6.67. The first-order valence-electron chi connectivity index (χ1n) is 9.50. The summed E-state index contributed by atoms with van der Waals surface area (Å²) in [6.45, 7) is 6.39. The zero-order valence-corrected chi connectivity index (χ0v) is 16.9. The lowest BCUT2D eigenvalue weighted by molar-refractivity contribution is 0.0695. The Morgan fingerprint density at radius 3 is 2.61 bits per heavy atom. The van der Waals surface area contributed by atoms with Crippen molar-refractivity contribution in [1.29, 1.82) is 0 Å². The Morgan fingerprint density at radius 2 is 2.00 bits per heavy atom. The minimum atomic E-state index is -0.972. The maximum atomic E-state index is 11.0. The number of halogens is 1. The average molecular weight is 405 g/mol. The summed E-state index contributed by atoms with van der Waals surface area (Å²) in [7, 11) is 0. The second kappa shape index (κ2) is 9.19. The van der Waals surface area contributed by atoms with Crippen LogP contribution in [-0.2, 0) is 0 Å². The molecular formula is C20H25ClN4O3. The fourth-order valence-electron chi connectivity index (χ4n) is 3.57. The van der Waals surface area contributed by atoms with Crippen molar-refractivity contribution in [3.8, 4) is 5.88 Å². The van der Waals surface area contributed by atoms with Crippen molar-refractivity contribution in [2.75, 3.05) is 24.6 Å². The van der Waals surface area contributed by atoms with E-state index in [2.05, 4.69) is 26.8 Å². The van der Waals surface area contributed by atoms with E-state index in [1.54, 1.807) is 25.4 Å². The molecule has 8 heteroatoms. The number of piperidine rings is 1. The molecule has 0 aliphatic carbocycles. The molecule has 28 heavy (non-hydrogen) atoms. The van der Waals surface area contributed by atoms with Crippen LogP contribution < -0.4 is 9.64 Å². The number of anilines is 1. The number of aromatic nitrogens is 3. The number of hydrogen-bond acceptors (Lipinski definition) is 6. The standard InChI is InChI=1S/C20H25ClN4O3/c1-13(7-10-28-18-4-3-17(19(26)27)14(2)24-18)15-5-8-25(9-6-15)20-22-11-16(21)12-23-20/h3-4,11-13,15H,5-10H2,1-2H3,(H,26,27)/t13-/m1/s1. The summed E-state index contributed by atoms with van der Waals surface area (Å²) < 4.78 is 5.74. The van der Waals surface area contributed by atoms with Crippen molar-refractivity contribution in [2.24, 2.45) is 11.8 Å². The van der Waals surface area contributed by atoms with Gasteiger partial charge in [-0.3, -0.25) is 0 Å². The van der Waals surface area contributed by atoms with Crippen LogP contribution >= 0.6 is 11.6 Å². The molecule has 1 fully saturated rings. The van der Waals surface area contributed by atoms with E-state index >= 15 is 0 Å². The molecule has 2 aromatic heterocycles. The van der Waals surface area contributed by atoms with Gasteiger partial charge in [-0.1, -0.05) is 18.5 Å². The topological polar surface area (TPSA) is 88.4 Å². The highest BCUT2D eigenvalue weighted by Crippen LogP contribution is 2.28. The number of hydrogen-bond donors (Lipinski definition) is 1. The quantitative estimate of drug-likeness (QED) is 0.749. The second-order valence-electron chi connectivity index (χ2n) is 7.23. The molecule has 1 aliphatic heterocycles. The van der Waals surface area contributed by atoms with Gasteiger partial charge in [0.15, 0.2) is 0 Å². The summed E-state index contributed by atoms with van der Waals surface area (Å²) in [4.78, 5) is 26.1. The molecule has 7 nitrogen and oxygen atoms in total. The monoisotopic (exact) mass is 404 g/mol. The molecule has 150 valence electrons. The Bertz CT molecular complexity index is 808. The average Bonchev–Trinajstić information content (AvgIpc) is 2.68. The summed E-state index contributed by atoms with van der Waals surface area (Å²) in [5, 5.41) is 9.61. The maximum absolute atomic E-state index is 11.0. The van der Waals surface area contributed by atoms with E-state index in [9.17, 15) is 4.79 Å². The van der Waals surface area contributed by atoms with Gasteiger partial charge in [-0.25, -0.2) is 19.7 Å². The van der Waals surface area contributed by atoms with E-state index in [0.29, 0.717) is 35.0 Å². The molecule has 0 radical (unpaired) electrons. The molecule has 0 saturated carbocycles. The van der Waals surface area contributed by atoms with Gasteiger partial charge in [0.2, 0.25) is 11.8 Å². The number of aryl methyl sites for hydroxylation is 1. The van der Waals surface area contributed by atoms with Crippen LogP contribution in [0.4, 0.5) is 5.95 Å². The second-order valence-corrected chi connectivity index (χ2v) is 7.66. The Hall–Kier alpha value is -2.41. The van der Waals surface area contributed by atoms with Gasteiger partial charge in [0.25, 0.3) is 0 Å². The molecule has 1 N–H and O–H groups in total. The number of carboxylic acid groups (broad SMARTS) is 1. The molecule has 0 spiro atoms. The minimum absolute atomic E-state index is 0.206. The third kappa shape index (κ3) is 5.10. The number of pyridine rings is 1. The predicted octanol–water partition coefficient (Wildman–Crippen LogP) is 3.85. The number of nitrogens with zero attached hydrogens (tertiary/aromatic N) is 4. The molecule has 0 aromatic carbocycles. The lowest BCUT2D eigenvalue weighted by atomic mass is 9.84. The highest BCUT2D eigenvalue weighted by atomic mass is 35.5. The van der Waals surface area contributed by atoms with Gasteiger partial charge in [-0.2, -0.15) is 0 Å². The van der Waals surface area contributed by atoms with Crippen LogP contribution in [0.2, 0.25) is 5.02 Å². The summed E-state index contributed by atoms with van der Waals surface area (Å²) in [6.07, 6.45) is 6.39. The van der Waals surface area contributed by atoms with Crippen molar-refractivity contribution in [3.05, 3.63) is 40.8 Å². The summed E-state index contributed by atoms with van der Waals surface area (Å²) in [5.74, 6) is 1.42. The summed E-state index contributed by atoms with van der Waals surface area (Å²) in [5.41, 5.74) is 0.673. The summed E-state index contributed by atoms with van der Waals surface area (Å²) in [6, 6.07) is 3.16. The fraction of sp³-hybridized carbons (Fsp3) is 0.500. The van der Waals surface area contributed by atoms with E-state index in [4.69, 9.17) is 21.4 Å². The number of ether oxygens (including phenoxy) is 1. The van der Waals surface area contributed by atoms with E-state index in [1.807, 2.05) is 0 Å². The largest absolute Gasteiger partial charge is 0.478 e. The van der Waals surface area contributed by atoms with Crippen molar-refractivity contribution >= 4 is 23.5 Å². The van der Waals surface area contributed by atoms with Crippen LogP contribution in [-0.4, -0.2) is 45.7 Å². The van der Waals surface area contributed by atoms with E-state index in [0.717, 1.165) is 38.3 Å². The predicted molar refractivity (Wildman–Crippen MR) is 107 cm³/mol. The first-order valence-corrected chi connectivity index (χ1v) is 9.88. The molecule has 3 rings (SSSR count). The third-order valence-corrected chi connectivity index (χ3v) is 5.54. The van der Waals surface area contributed by atoms with Crippen molar-refractivity contribution in [1.82, 2.24) is 15.0 Å². The minimum Gasteiger partial charge on any atom is -0.478 e. The van der Waals surface area contributed by atoms with Crippen molar-refractivity contribution < 1.29 is 14.6 Å². The van der Waals surface area contributed by atoms with Gasteiger partial charge >= 0.3 is 5.97 Å². The zero-order valence-electron chi connectivity index (χ0n) is 16.1. The van der Waals surface area contributed by atoms with E-state index in [-0.39, 0.29) is 5.56 Å². The molecule has 1 atom stereocenters. The van der Waals surface area contributed by atoms with Gasteiger partial charge in [-0.15, -0.1) is 0 Å². The van der Waals surface area contributed by atoms with Crippen LogP contribution in [0, 0.1) is 18.8 Å². The van der Waals surface area contributed by atoms with Crippen LogP contribution in [0.1, 0.15) is 42.2 Å². The zero-order chi connectivity index (χ0) is 20.1. The van der Waals surface area contributed by atoms with Crippen molar-refractivity contribution in [2.45, 2.75) is 33.1 Å². The number of carbonyl (C=O) groups is 1. The highest BCUT2D eigenvalue weighted by Gasteiger charge is 2.25. The molecule has 3 heterocycles. The fourth-order valence-corrected chi connectivity index (χ4v) is 3.66. The van der Waals surface area contributed by atoms with E-state index < -0.39 is 5.97 Å². The van der Waals surface area contributed by atoms with Crippen LogP contribution in [0.3, 0.4) is 0 Å². The third-order valence-electron chi connectivity index (χ3n) is 5.35. The lowest BCUT2D eigenvalue weighted by Gasteiger charge is -2.34. The van der Waals surface area contributed by atoms with Gasteiger partial charge in [0.05, 0.1) is 35.3 Å². The number of aromatic carboxylic acids is 1. The first-order chi connectivity index (χ1) is 13.4. The van der Waals surface area contributed by atoms with Gasteiger partial charge in [0, 0.05) is 19.2 Å². The SMILES string of the molecule is Cc1nc(OCC[C@@H](C)C2CCN(c3ncc(Cl)cn3)CC2)ccc1C(=O)O. The van der Waals surface area contributed by atoms with Crippen LogP contribution in [0.15, 0.2) is 24.5 Å². The molecular weight excluding hydrogens is 380 g/mol. The number of carboxylic acids is 1. The Labute approximate surface area is 169 Å². The molecule has 1 aliphatic rings.